The molecule has 3 aromatic rings. The van der Waals surface area contributed by atoms with Crippen LogP contribution >= 0.6 is 11.6 Å². The summed E-state index contributed by atoms with van der Waals surface area (Å²) in [5, 5.41) is 3.66. The van der Waals surface area contributed by atoms with E-state index in [2.05, 4.69) is 16.1 Å². The van der Waals surface area contributed by atoms with Crippen molar-refractivity contribution in [3.05, 3.63) is 65.6 Å². The SMILES string of the molecule is COc1ccccc1NC(=O)C[n+]1cc(-c2ccc(Cl)cc2)n2c1CCC2.[Cl-]. The average molecular weight is 418 g/mol. The molecule has 1 amide bonds. The van der Waals surface area contributed by atoms with Gasteiger partial charge in [-0.25, -0.2) is 9.13 Å². The van der Waals surface area contributed by atoms with Crippen LogP contribution in [0, 0.1) is 0 Å². The first kappa shape index (κ1) is 20.2. The molecule has 1 aliphatic rings. The van der Waals surface area contributed by atoms with Crippen molar-refractivity contribution in [2.45, 2.75) is 25.9 Å². The third-order valence-corrected chi connectivity index (χ3v) is 5.08. The van der Waals surface area contributed by atoms with Crippen LogP contribution in [0.25, 0.3) is 11.3 Å². The van der Waals surface area contributed by atoms with E-state index in [4.69, 9.17) is 16.3 Å². The summed E-state index contributed by atoms with van der Waals surface area (Å²) in [6, 6.07) is 15.2. The number of nitrogens with one attached hydrogen (secondary N) is 1. The van der Waals surface area contributed by atoms with Gasteiger partial charge in [-0.2, -0.15) is 0 Å². The van der Waals surface area contributed by atoms with Gasteiger partial charge in [0.1, 0.15) is 11.9 Å². The van der Waals surface area contributed by atoms with Crippen molar-refractivity contribution in [2.24, 2.45) is 0 Å². The van der Waals surface area contributed by atoms with Gasteiger partial charge in [0, 0.05) is 10.6 Å². The zero-order valence-corrected chi connectivity index (χ0v) is 17.0. The molecule has 2 aromatic carbocycles. The van der Waals surface area contributed by atoms with E-state index in [0.717, 1.165) is 35.7 Å². The second-order valence-corrected chi connectivity index (χ2v) is 7.01. The number of methoxy groups -OCH3 is 1. The Labute approximate surface area is 175 Å². The Morgan fingerprint density at radius 1 is 1.21 bits per heavy atom. The number of carbonyl (C=O) groups is 1. The highest BCUT2D eigenvalue weighted by Gasteiger charge is 2.29. The van der Waals surface area contributed by atoms with Crippen molar-refractivity contribution >= 4 is 23.2 Å². The molecule has 7 heteroatoms. The van der Waals surface area contributed by atoms with Crippen molar-refractivity contribution in [3.63, 3.8) is 0 Å². The number of benzene rings is 2. The minimum Gasteiger partial charge on any atom is -1.00 e. The van der Waals surface area contributed by atoms with Crippen LogP contribution < -0.4 is 27.0 Å². The Kier molecular flexibility index (Phi) is 6.27. The summed E-state index contributed by atoms with van der Waals surface area (Å²) >= 11 is 6.02. The number of aromatic nitrogens is 2. The van der Waals surface area contributed by atoms with E-state index < -0.39 is 0 Å². The fourth-order valence-electron chi connectivity index (χ4n) is 3.59. The second kappa shape index (κ2) is 8.67. The van der Waals surface area contributed by atoms with Crippen molar-refractivity contribution in [1.29, 1.82) is 0 Å². The second-order valence-electron chi connectivity index (χ2n) is 6.57. The third kappa shape index (κ3) is 4.01. The predicted octanol–water partition coefficient (Wildman–Crippen LogP) is 0.693. The standard InChI is InChI=1S/C21H20ClN3O2.ClH/c1-27-19-6-3-2-5-17(19)23-20(26)14-24-13-18(25-12-4-7-21(24)25)15-8-10-16(22)11-9-15;/h2-3,5-6,8-11,13H,4,7,12,14H2,1H3;1H. The van der Waals surface area contributed by atoms with Crippen molar-refractivity contribution in [3.8, 4) is 17.0 Å². The van der Waals surface area contributed by atoms with E-state index in [1.54, 1.807) is 7.11 Å². The molecular formula is C21H21Cl2N3O2. The number of ether oxygens (including phenoxy) is 1. The lowest BCUT2D eigenvalue weighted by molar-refractivity contribution is -0.690. The maximum absolute atomic E-state index is 12.6. The van der Waals surface area contributed by atoms with Gasteiger partial charge < -0.3 is 22.5 Å². The van der Waals surface area contributed by atoms with E-state index >= 15 is 0 Å². The number of carbonyl (C=O) groups excluding carboxylic acids is 1. The first-order valence-electron chi connectivity index (χ1n) is 8.96. The van der Waals surface area contributed by atoms with Gasteiger partial charge in [-0.1, -0.05) is 23.7 Å². The topological polar surface area (TPSA) is 47.1 Å². The van der Waals surface area contributed by atoms with E-state index in [9.17, 15) is 4.79 Å². The van der Waals surface area contributed by atoms with Crippen molar-refractivity contribution in [1.82, 2.24) is 4.57 Å². The molecule has 5 nitrogen and oxygen atoms in total. The lowest BCUT2D eigenvalue weighted by Gasteiger charge is -2.09. The number of fused-ring (bicyclic) bond motifs is 1. The summed E-state index contributed by atoms with van der Waals surface area (Å²) in [5.41, 5.74) is 2.90. The molecule has 1 aromatic heterocycles. The van der Waals surface area contributed by atoms with Crippen LogP contribution in [0.3, 0.4) is 0 Å². The van der Waals surface area contributed by atoms with Gasteiger partial charge in [-0.3, -0.25) is 4.79 Å². The summed E-state index contributed by atoms with van der Waals surface area (Å²) in [6.45, 7) is 1.23. The van der Waals surface area contributed by atoms with Gasteiger partial charge in [0.15, 0.2) is 12.2 Å². The summed E-state index contributed by atoms with van der Waals surface area (Å²) in [6.07, 6.45) is 4.11. The molecule has 0 fully saturated rings. The van der Waals surface area contributed by atoms with E-state index in [1.807, 2.05) is 53.1 Å². The maximum atomic E-state index is 12.6. The van der Waals surface area contributed by atoms with Crippen LogP contribution in [0.5, 0.6) is 5.75 Å². The van der Waals surface area contributed by atoms with Crippen LogP contribution in [-0.4, -0.2) is 17.6 Å². The summed E-state index contributed by atoms with van der Waals surface area (Å²) in [4.78, 5) is 12.6. The van der Waals surface area contributed by atoms with Crippen molar-refractivity contribution in [2.75, 3.05) is 12.4 Å². The smallest absolute Gasteiger partial charge is 0.266 e. The zero-order chi connectivity index (χ0) is 18.8. The molecule has 0 saturated carbocycles. The summed E-state index contributed by atoms with van der Waals surface area (Å²) in [5.74, 6) is 1.75. The molecule has 4 rings (SSSR count). The Balaban J connectivity index is 0.00000225. The molecular weight excluding hydrogens is 397 g/mol. The lowest BCUT2D eigenvalue weighted by Crippen LogP contribution is -3.00. The third-order valence-electron chi connectivity index (χ3n) is 4.83. The Bertz CT molecular complexity index is 984. The largest absolute Gasteiger partial charge is 1.00 e. The Morgan fingerprint density at radius 2 is 1.96 bits per heavy atom. The molecule has 0 saturated heterocycles. The van der Waals surface area contributed by atoms with E-state index in [0.29, 0.717) is 11.4 Å². The monoisotopic (exact) mass is 417 g/mol. The zero-order valence-electron chi connectivity index (χ0n) is 15.5. The fraction of sp³-hybridized carbons (Fsp3) is 0.238. The number of rotatable bonds is 5. The van der Waals surface area contributed by atoms with E-state index in [1.165, 1.54) is 5.82 Å². The van der Waals surface area contributed by atoms with Gasteiger partial charge in [-0.05, 0) is 42.8 Å². The molecule has 2 heterocycles. The van der Waals surface area contributed by atoms with Crippen LogP contribution in [-0.2, 0) is 24.3 Å². The van der Waals surface area contributed by atoms with Crippen LogP contribution in [0.1, 0.15) is 12.2 Å². The number of hydrogen-bond acceptors (Lipinski definition) is 2. The minimum absolute atomic E-state index is 0. The molecule has 0 bridgehead atoms. The normalized spacial score (nSPS) is 12.2. The first-order chi connectivity index (χ1) is 13.2. The van der Waals surface area contributed by atoms with Gasteiger partial charge in [0.25, 0.3) is 11.7 Å². The number of amides is 1. The number of hydrogen-bond donors (Lipinski definition) is 1. The Morgan fingerprint density at radius 3 is 2.71 bits per heavy atom. The van der Waals surface area contributed by atoms with Crippen molar-refractivity contribution < 1.29 is 26.5 Å². The van der Waals surface area contributed by atoms with Gasteiger partial charge in [0.2, 0.25) is 0 Å². The lowest BCUT2D eigenvalue weighted by atomic mass is 10.2. The first-order valence-corrected chi connectivity index (χ1v) is 9.34. The van der Waals surface area contributed by atoms with Crippen LogP contribution in [0.15, 0.2) is 54.7 Å². The Hall–Kier alpha value is -2.50. The van der Waals surface area contributed by atoms with Gasteiger partial charge in [-0.15, -0.1) is 0 Å². The number of halogens is 2. The van der Waals surface area contributed by atoms with Gasteiger partial charge >= 0.3 is 0 Å². The summed E-state index contributed by atoms with van der Waals surface area (Å²) < 4.78 is 9.64. The van der Waals surface area contributed by atoms with E-state index in [-0.39, 0.29) is 24.9 Å². The molecule has 1 N–H and O–H groups in total. The molecule has 1 aliphatic heterocycles. The highest BCUT2D eigenvalue weighted by Crippen LogP contribution is 2.26. The number of imidazole rings is 1. The number of para-hydroxylation sites is 2. The molecule has 28 heavy (non-hydrogen) atoms. The highest BCUT2D eigenvalue weighted by molar-refractivity contribution is 6.30. The highest BCUT2D eigenvalue weighted by atomic mass is 35.5. The molecule has 0 aliphatic carbocycles. The van der Waals surface area contributed by atoms with Gasteiger partial charge in [0.05, 0.1) is 25.8 Å². The predicted molar refractivity (Wildman–Crippen MR) is 105 cm³/mol. The molecule has 0 radical (unpaired) electrons. The molecule has 0 atom stereocenters. The average Bonchev–Trinajstić information content (AvgIpc) is 3.27. The fourth-order valence-corrected chi connectivity index (χ4v) is 3.72. The van der Waals surface area contributed by atoms with Crippen LogP contribution in [0.4, 0.5) is 5.69 Å². The quantitative estimate of drug-likeness (QED) is 0.621. The number of anilines is 1. The maximum Gasteiger partial charge on any atom is 0.266 e. The number of nitrogens with zero attached hydrogens (tertiary/aromatic N) is 2. The molecule has 0 unspecified atom stereocenters. The molecule has 0 spiro atoms. The minimum atomic E-state index is -0.0764. The summed E-state index contributed by atoms with van der Waals surface area (Å²) in [7, 11) is 1.60. The molecule has 146 valence electrons. The van der Waals surface area contributed by atoms with Crippen LogP contribution in [0.2, 0.25) is 5.02 Å².